The van der Waals surface area contributed by atoms with E-state index in [0.29, 0.717) is 37.2 Å². The number of nitrogens with zero attached hydrogens (tertiary/aromatic N) is 5. The molecule has 2 aromatic carbocycles. The molecule has 7 nitrogen and oxygen atoms in total. The lowest BCUT2D eigenvalue weighted by molar-refractivity contribution is 0.0414. The number of amides is 2. The number of benzene rings is 2. The molecule has 10 heteroatoms. The fraction of sp³-hybridized carbons (Fsp3) is 0.259. The molecule has 0 saturated carbocycles. The summed E-state index contributed by atoms with van der Waals surface area (Å²) in [5.74, 6) is -0.0742. The summed E-state index contributed by atoms with van der Waals surface area (Å²) in [5, 5.41) is 7.28. The average molecular weight is 643 g/mol. The second-order valence-corrected chi connectivity index (χ2v) is 11.6. The first kappa shape index (κ1) is 25.8. The monoisotopic (exact) mass is 641 g/mol. The summed E-state index contributed by atoms with van der Waals surface area (Å²) in [5.41, 5.74) is 3.97. The predicted octanol–water partition coefficient (Wildman–Crippen LogP) is 6.07. The van der Waals surface area contributed by atoms with Gasteiger partial charge in [-0.15, -0.1) is 11.3 Å². The van der Waals surface area contributed by atoms with Crippen molar-refractivity contribution >= 4 is 55.0 Å². The highest BCUT2D eigenvalue weighted by Crippen LogP contribution is 2.27. The Morgan fingerprint density at radius 3 is 2.32 bits per heavy atom. The number of rotatable bonds is 5. The van der Waals surface area contributed by atoms with E-state index < -0.39 is 0 Å². The van der Waals surface area contributed by atoms with Crippen LogP contribution in [0.5, 0.6) is 0 Å². The molecule has 3 heterocycles. The Morgan fingerprint density at radius 1 is 1.00 bits per heavy atom. The minimum absolute atomic E-state index is 0.0143. The van der Waals surface area contributed by atoms with Crippen LogP contribution in [0, 0.1) is 0 Å². The molecule has 1 aliphatic heterocycles. The molecule has 1 unspecified atom stereocenters. The minimum Gasteiger partial charge on any atom is -0.335 e. The lowest BCUT2D eigenvalue weighted by Crippen LogP contribution is -2.55. The normalized spacial score (nSPS) is 15.7. The van der Waals surface area contributed by atoms with Gasteiger partial charge in [-0.05, 0) is 49.7 Å². The van der Waals surface area contributed by atoms with E-state index in [1.165, 1.54) is 11.3 Å². The van der Waals surface area contributed by atoms with Gasteiger partial charge >= 0.3 is 0 Å². The van der Waals surface area contributed by atoms with E-state index in [9.17, 15) is 9.59 Å². The van der Waals surface area contributed by atoms with Gasteiger partial charge in [-0.1, -0.05) is 50.9 Å². The van der Waals surface area contributed by atoms with Gasteiger partial charge in [0.2, 0.25) is 5.13 Å². The molecule has 190 valence electrons. The van der Waals surface area contributed by atoms with Gasteiger partial charge in [-0.3, -0.25) is 9.59 Å². The maximum absolute atomic E-state index is 13.6. The largest absolute Gasteiger partial charge is 0.335 e. The Morgan fingerprint density at radius 2 is 1.68 bits per heavy atom. The third kappa shape index (κ3) is 5.28. The van der Waals surface area contributed by atoms with E-state index in [-0.39, 0.29) is 17.9 Å². The zero-order valence-electron chi connectivity index (χ0n) is 20.4. The Hall–Kier alpha value is -2.82. The molecule has 1 aliphatic rings. The number of hydrogen-bond acceptors (Lipinski definition) is 5. The van der Waals surface area contributed by atoms with Crippen molar-refractivity contribution in [2.75, 3.05) is 19.6 Å². The second-order valence-electron chi connectivity index (χ2n) is 8.90. The van der Waals surface area contributed by atoms with Gasteiger partial charge in [0.15, 0.2) is 0 Å². The van der Waals surface area contributed by atoms with Crippen LogP contribution in [0.1, 0.15) is 40.3 Å². The zero-order valence-corrected chi connectivity index (χ0v) is 24.4. The summed E-state index contributed by atoms with van der Waals surface area (Å²) in [6.07, 6.45) is 2.29. The van der Waals surface area contributed by atoms with Crippen LogP contribution < -0.4 is 0 Å². The summed E-state index contributed by atoms with van der Waals surface area (Å²) in [7, 11) is 0. The molecule has 2 aromatic heterocycles. The van der Waals surface area contributed by atoms with Crippen LogP contribution in [-0.2, 0) is 6.42 Å². The molecular formula is C27H25Br2N5O2S. The van der Waals surface area contributed by atoms with E-state index in [1.54, 1.807) is 10.9 Å². The topological polar surface area (TPSA) is 71.3 Å². The SMILES string of the molecule is CCc1c(C(=O)N2CCN(C(=O)c3ccc(Br)cc3)C(C)C2)cnn1-c1nc(-c2ccc(Br)cc2)cs1. The molecule has 4 aromatic rings. The maximum atomic E-state index is 13.6. The van der Waals surface area contributed by atoms with Crippen LogP contribution in [0.3, 0.4) is 0 Å². The van der Waals surface area contributed by atoms with Crippen LogP contribution in [0.15, 0.2) is 69.1 Å². The smallest absolute Gasteiger partial charge is 0.257 e. The molecule has 1 atom stereocenters. The molecule has 2 amide bonds. The predicted molar refractivity (Wildman–Crippen MR) is 152 cm³/mol. The Labute approximate surface area is 236 Å². The highest BCUT2D eigenvalue weighted by molar-refractivity contribution is 9.10. The van der Waals surface area contributed by atoms with Crippen molar-refractivity contribution in [2.24, 2.45) is 0 Å². The molecule has 0 aliphatic carbocycles. The lowest BCUT2D eigenvalue weighted by Gasteiger charge is -2.40. The first-order valence-electron chi connectivity index (χ1n) is 12.0. The van der Waals surface area contributed by atoms with Gasteiger partial charge in [0.25, 0.3) is 11.8 Å². The first-order valence-corrected chi connectivity index (χ1v) is 14.5. The third-order valence-corrected chi connectivity index (χ3v) is 8.39. The van der Waals surface area contributed by atoms with Crippen molar-refractivity contribution in [1.82, 2.24) is 24.6 Å². The summed E-state index contributed by atoms with van der Waals surface area (Å²) in [6.45, 7) is 5.44. The van der Waals surface area contributed by atoms with Crippen LogP contribution >= 0.6 is 43.2 Å². The quantitative estimate of drug-likeness (QED) is 0.265. The number of carbonyl (C=O) groups is 2. The Kier molecular flexibility index (Phi) is 7.60. The van der Waals surface area contributed by atoms with Crippen molar-refractivity contribution in [3.8, 4) is 16.4 Å². The first-order chi connectivity index (χ1) is 17.9. The fourth-order valence-corrected chi connectivity index (χ4v) is 5.89. The number of carbonyl (C=O) groups excluding carboxylic acids is 2. The molecule has 0 N–H and O–H groups in total. The van der Waals surface area contributed by atoms with E-state index in [4.69, 9.17) is 4.98 Å². The number of piperazine rings is 1. The number of aromatic nitrogens is 3. The molecule has 5 rings (SSSR count). The Balaban J connectivity index is 1.32. The average Bonchev–Trinajstić information content (AvgIpc) is 3.56. The number of hydrogen-bond donors (Lipinski definition) is 0. The van der Waals surface area contributed by atoms with Crippen LogP contribution in [-0.4, -0.2) is 62.1 Å². The molecule has 37 heavy (non-hydrogen) atoms. The molecule has 1 saturated heterocycles. The van der Waals surface area contributed by atoms with Gasteiger partial charge in [0, 0.05) is 51.1 Å². The van der Waals surface area contributed by atoms with Gasteiger partial charge in [-0.25, -0.2) is 9.67 Å². The zero-order chi connectivity index (χ0) is 26.1. The molecule has 0 spiro atoms. The second kappa shape index (κ2) is 10.9. The lowest BCUT2D eigenvalue weighted by atomic mass is 10.1. The summed E-state index contributed by atoms with van der Waals surface area (Å²) < 4.78 is 3.72. The fourth-order valence-electron chi connectivity index (χ4n) is 4.54. The summed E-state index contributed by atoms with van der Waals surface area (Å²) in [4.78, 5) is 35.0. The maximum Gasteiger partial charge on any atom is 0.257 e. The van der Waals surface area contributed by atoms with Crippen molar-refractivity contribution in [3.05, 3.63) is 85.9 Å². The van der Waals surface area contributed by atoms with Crippen LogP contribution in [0.25, 0.3) is 16.4 Å². The van der Waals surface area contributed by atoms with Gasteiger partial charge < -0.3 is 9.80 Å². The highest BCUT2D eigenvalue weighted by Gasteiger charge is 2.32. The van der Waals surface area contributed by atoms with E-state index in [2.05, 4.69) is 37.0 Å². The summed E-state index contributed by atoms with van der Waals surface area (Å²) >= 11 is 8.38. The van der Waals surface area contributed by atoms with Crippen molar-refractivity contribution in [3.63, 3.8) is 0 Å². The molecular weight excluding hydrogens is 618 g/mol. The van der Waals surface area contributed by atoms with E-state index >= 15 is 0 Å². The van der Waals surface area contributed by atoms with Crippen molar-refractivity contribution in [2.45, 2.75) is 26.3 Å². The highest BCUT2D eigenvalue weighted by atomic mass is 79.9. The Bertz CT molecular complexity index is 1430. The van der Waals surface area contributed by atoms with Crippen LogP contribution in [0.4, 0.5) is 0 Å². The van der Waals surface area contributed by atoms with Gasteiger partial charge in [0.05, 0.1) is 23.1 Å². The third-order valence-electron chi connectivity index (χ3n) is 6.51. The van der Waals surface area contributed by atoms with E-state index in [1.807, 2.05) is 77.6 Å². The van der Waals surface area contributed by atoms with Crippen molar-refractivity contribution in [1.29, 1.82) is 0 Å². The van der Waals surface area contributed by atoms with E-state index in [0.717, 1.165) is 31.0 Å². The van der Waals surface area contributed by atoms with Gasteiger partial charge in [-0.2, -0.15) is 5.10 Å². The molecule has 0 bridgehead atoms. The minimum atomic E-state index is -0.0959. The van der Waals surface area contributed by atoms with Crippen molar-refractivity contribution < 1.29 is 9.59 Å². The molecule has 1 fully saturated rings. The van der Waals surface area contributed by atoms with Gasteiger partial charge in [0.1, 0.15) is 0 Å². The number of thiazole rings is 1. The van der Waals surface area contributed by atoms with Crippen LogP contribution in [0.2, 0.25) is 0 Å². The molecule has 0 radical (unpaired) electrons. The number of halogens is 2. The standard InChI is InChI=1S/C27H25Br2N5O2S/c1-3-24-22(14-30-34(24)27-31-23(16-37-27)18-4-8-20(28)9-5-18)26(36)32-12-13-33(17(2)15-32)25(35)19-6-10-21(29)11-7-19/h4-11,14,16-17H,3,12-13,15H2,1-2H3. The summed E-state index contributed by atoms with van der Waals surface area (Å²) in [6, 6.07) is 15.3.